The average molecular weight is 501 g/mol. The lowest BCUT2D eigenvalue weighted by atomic mass is 10.00. The third-order valence-electron chi connectivity index (χ3n) is 6.44. The number of aliphatic carboxylic acids is 1. The molecule has 0 unspecified atom stereocenters. The fourth-order valence-electron chi connectivity index (χ4n) is 4.60. The molecular formula is C28H32N6O3. The summed E-state index contributed by atoms with van der Waals surface area (Å²) in [6.45, 7) is 5.99. The summed E-state index contributed by atoms with van der Waals surface area (Å²) < 4.78 is 0. The normalized spacial score (nSPS) is 12.1. The molecule has 192 valence electrons. The van der Waals surface area contributed by atoms with Gasteiger partial charge in [-0.25, -0.2) is 14.9 Å². The van der Waals surface area contributed by atoms with Crippen molar-refractivity contribution in [3.05, 3.63) is 60.2 Å². The van der Waals surface area contributed by atoms with Crippen molar-refractivity contribution in [3.63, 3.8) is 0 Å². The monoisotopic (exact) mass is 500 g/mol. The van der Waals surface area contributed by atoms with E-state index in [9.17, 15) is 14.7 Å². The van der Waals surface area contributed by atoms with Crippen molar-refractivity contribution in [3.8, 4) is 22.6 Å². The lowest BCUT2D eigenvalue weighted by Crippen LogP contribution is -2.47. The molecule has 1 amide bonds. The Bertz CT molecular complexity index is 1370. The standard InChI is InChI=1S/C28H32N6O3/c1-4-5-6-11-25(35)34(26(18(2)3)28(36)37)17-19-12-14-23-20(16-19)13-15-24(29-23)21-9-7-8-10-22(21)27-30-32-33-31-27/h7-10,12-16,18,26H,4-6,11,17H2,1-3H3,(H,36,37)(H,30,31,32,33)/t26-/m0/s1. The maximum absolute atomic E-state index is 13.1. The van der Waals surface area contributed by atoms with Gasteiger partial charge < -0.3 is 10.0 Å². The molecule has 2 aromatic heterocycles. The molecule has 0 saturated carbocycles. The van der Waals surface area contributed by atoms with Crippen LogP contribution in [0, 0.1) is 5.92 Å². The minimum Gasteiger partial charge on any atom is -0.480 e. The predicted molar refractivity (Wildman–Crippen MR) is 141 cm³/mol. The quantitative estimate of drug-likeness (QED) is 0.274. The number of carboxylic acid groups (broad SMARTS) is 1. The topological polar surface area (TPSA) is 125 Å². The molecule has 4 rings (SSSR count). The molecule has 0 aliphatic rings. The summed E-state index contributed by atoms with van der Waals surface area (Å²) in [4.78, 5) is 31.6. The second kappa shape index (κ2) is 11.7. The summed E-state index contributed by atoms with van der Waals surface area (Å²) in [6.07, 6.45) is 3.05. The number of amides is 1. The van der Waals surface area contributed by atoms with Crippen molar-refractivity contribution in [1.82, 2.24) is 30.5 Å². The number of nitrogens with one attached hydrogen (secondary N) is 1. The van der Waals surface area contributed by atoms with E-state index in [1.807, 2.05) is 68.4 Å². The van der Waals surface area contributed by atoms with Gasteiger partial charge in [0, 0.05) is 29.5 Å². The average Bonchev–Trinajstić information content (AvgIpc) is 3.42. The van der Waals surface area contributed by atoms with E-state index in [-0.39, 0.29) is 18.4 Å². The largest absolute Gasteiger partial charge is 0.480 e. The van der Waals surface area contributed by atoms with Gasteiger partial charge in [-0.15, -0.1) is 5.10 Å². The smallest absolute Gasteiger partial charge is 0.326 e. The molecular weight excluding hydrogens is 468 g/mol. The highest BCUT2D eigenvalue weighted by Gasteiger charge is 2.32. The summed E-state index contributed by atoms with van der Waals surface area (Å²) in [6, 6.07) is 16.6. The molecule has 0 aliphatic heterocycles. The van der Waals surface area contributed by atoms with Crippen LogP contribution in [0.1, 0.15) is 52.0 Å². The van der Waals surface area contributed by atoms with Gasteiger partial charge in [-0.05, 0) is 46.5 Å². The number of carbonyl (C=O) groups is 2. The lowest BCUT2D eigenvalue weighted by molar-refractivity contribution is -0.153. The van der Waals surface area contributed by atoms with Crippen LogP contribution in [0.15, 0.2) is 54.6 Å². The van der Waals surface area contributed by atoms with E-state index in [0.717, 1.165) is 52.5 Å². The van der Waals surface area contributed by atoms with Crippen LogP contribution < -0.4 is 0 Å². The molecule has 0 fully saturated rings. The Morgan fingerprint density at radius 1 is 1.03 bits per heavy atom. The zero-order valence-corrected chi connectivity index (χ0v) is 21.4. The van der Waals surface area contributed by atoms with Gasteiger partial charge in [0.25, 0.3) is 0 Å². The molecule has 0 radical (unpaired) electrons. The Hall–Kier alpha value is -4.14. The molecule has 4 aromatic rings. The number of hydrogen-bond donors (Lipinski definition) is 2. The number of fused-ring (bicyclic) bond motifs is 1. The maximum atomic E-state index is 13.1. The number of rotatable bonds is 11. The first-order valence-electron chi connectivity index (χ1n) is 12.6. The van der Waals surface area contributed by atoms with E-state index in [2.05, 4.69) is 27.5 Å². The van der Waals surface area contributed by atoms with Crippen LogP contribution in [0.2, 0.25) is 0 Å². The number of unbranched alkanes of at least 4 members (excludes halogenated alkanes) is 2. The van der Waals surface area contributed by atoms with Crippen molar-refractivity contribution < 1.29 is 14.7 Å². The number of aromatic amines is 1. The van der Waals surface area contributed by atoms with Crippen molar-refractivity contribution in [2.45, 2.75) is 59.0 Å². The Labute approximate surface area is 215 Å². The first-order valence-corrected chi connectivity index (χ1v) is 12.6. The zero-order valence-electron chi connectivity index (χ0n) is 21.4. The van der Waals surface area contributed by atoms with Crippen molar-refractivity contribution in [1.29, 1.82) is 0 Å². The first-order chi connectivity index (χ1) is 17.9. The fourth-order valence-corrected chi connectivity index (χ4v) is 4.60. The minimum absolute atomic E-state index is 0.123. The highest BCUT2D eigenvalue weighted by Crippen LogP contribution is 2.30. The Kier molecular flexibility index (Phi) is 8.22. The fraction of sp³-hybridized carbons (Fsp3) is 0.357. The number of hydrogen-bond acceptors (Lipinski definition) is 6. The third kappa shape index (κ3) is 5.99. The van der Waals surface area contributed by atoms with Gasteiger partial charge in [0.1, 0.15) is 6.04 Å². The van der Waals surface area contributed by atoms with Gasteiger partial charge in [0.15, 0.2) is 5.82 Å². The second-order valence-electron chi connectivity index (χ2n) is 9.52. The molecule has 0 aliphatic carbocycles. The van der Waals surface area contributed by atoms with Gasteiger partial charge in [-0.1, -0.05) is 70.0 Å². The molecule has 0 bridgehead atoms. The van der Waals surface area contributed by atoms with Gasteiger partial charge in [-0.3, -0.25) is 4.79 Å². The van der Waals surface area contributed by atoms with Crippen LogP contribution in [-0.2, 0) is 16.1 Å². The highest BCUT2D eigenvalue weighted by atomic mass is 16.4. The Balaban J connectivity index is 1.63. The molecule has 9 nitrogen and oxygen atoms in total. The van der Waals surface area contributed by atoms with Gasteiger partial charge in [-0.2, -0.15) is 0 Å². The summed E-state index contributed by atoms with van der Waals surface area (Å²) in [5.74, 6) is -0.750. The van der Waals surface area contributed by atoms with Crippen LogP contribution in [0.4, 0.5) is 0 Å². The number of aromatic nitrogens is 5. The predicted octanol–water partition coefficient (Wildman–Crippen LogP) is 5.10. The van der Waals surface area contributed by atoms with Crippen LogP contribution in [0.5, 0.6) is 0 Å². The highest BCUT2D eigenvalue weighted by molar-refractivity contribution is 5.86. The van der Waals surface area contributed by atoms with Gasteiger partial charge in [0.05, 0.1) is 11.2 Å². The molecule has 1 atom stereocenters. The molecule has 0 spiro atoms. The van der Waals surface area contributed by atoms with Crippen molar-refractivity contribution in [2.75, 3.05) is 0 Å². The van der Waals surface area contributed by atoms with E-state index in [0.29, 0.717) is 12.2 Å². The van der Waals surface area contributed by atoms with Crippen molar-refractivity contribution in [2.24, 2.45) is 5.92 Å². The third-order valence-corrected chi connectivity index (χ3v) is 6.44. The van der Waals surface area contributed by atoms with Crippen molar-refractivity contribution >= 4 is 22.8 Å². The second-order valence-corrected chi connectivity index (χ2v) is 9.52. The summed E-state index contributed by atoms with van der Waals surface area (Å²) >= 11 is 0. The zero-order chi connectivity index (χ0) is 26.4. The van der Waals surface area contributed by atoms with E-state index in [1.54, 1.807) is 0 Å². The number of tetrazole rings is 1. The van der Waals surface area contributed by atoms with E-state index >= 15 is 0 Å². The molecule has 2 aromatic carbocycles. The van der Waals surface area contributed by atoms with Crippen LogP contribution in [0.25, 0.3) is 33.5 Å². The van der Waals surface area contributed by atoms with Crippen LogP contribution in [0.3, 0.4) is 0 Å². The SMILES string of the molecule is CCCCCC(=O)N(Cc1ccc2nc(-c3ccccc3-c3nnn[nH]3)ccc2c1)[C@H](C(=O)O)C(C)C. The van der Waals surface area contributed by atoms with Gasteiger partial charge >= 0.3 is 5.97 Å². The summed E-state index contributed by atoms with van der Waals surface area (Å²) in [5, 5.41) is 25.0. The summed E-state index contributed by atoms with van der Waals surface area (Å²) in [5.41, 5.74) is 4.20. The maximum Gasteiger partial charge on any atom is 0.326 e. The summed E-state index contributed by atoms with van der Waals surface area (Å²) in [7, 11) is 0. The van der Waals surface area contributed by atoms with Crippen LogP contribution >= 0.6 is 0 Å². The number of carboxylic acids is 1. The number of carbonyl (C=O) groups excluding carboxylic acids is 1. The number of pyridine rings is 1. The van der Waals surface area contributed by atoms with E-state index in [1.165, 1.54) is 4.90 Å². The van der Waals surface area contributed by atoms with Crippen LogP contribution in [-0.4, -0.2) is 53.5 Å². The molecule has 9 heteroatoms. The first kappa shape index (κ1) is 25.9. The Morgan fingerprint density at radius 2 is 1.81 bits per heavy atom. The van der Waals surface area contributed by atoms with Gasteiger partial charge in [0.2, 0.25) is 5.91 Å². The minimum atomic E-state index is -0.980. The van der Waals surface area contributed by atoms with E-state index < -0.39 is 12.0 Å². The van der Waals surface area contributed by atoms with E-state index in [4.69, 9.17) is 4.98 Å². The number of benzene rings is 2. The molecule has 0 saturated heterocycles. The number of nitrogens with zero attached hydrogens (tertiary/aromatic N) is 5. The molecule has 2 N–H and O–H groups in total. The lowest BCUT2D eigenvalue weighted by Gasteiger charge is -2.32. The molecule has 2 heterocycles. The number of H-pyrrole nitrogens is 1. The Morgan fingerprint density at radius 3 is 2.49 bits per heavy atom. The molecule has 37 heavy (non-hydrogen) atoms.